The van der Waals surface area contributed by atoms with Crippen LogP contribution in [0.3, 0.4) is 0 Å². The molecule has 1 rings (SSSR count). The zero-order valence-corrected chi connectivity index (χ0v) is 24.8. The van der Waals surface area contributed by atoms with Gasteiger partial charge in [0.25, 0.3) is 0 Å². The number of amides is 1. The summed E-state index contributed by atoms with van der Waals surface area (Å²) in [5, 5.41) is 3.02. The predicted octanol–water partition coefficient (Wildman–Crippen LogP) is 2.50. The smallest absolute Gasteiger partial charge is 0.223 e. The van der Waals surface area contributed by atoms with Crippen LogP contribution in [0, 0.1) is 30.1 Å². The van der Waals surface area contributed by atoms with Gasteiger partial charge in [-0.25, -0.2) is 0 Å². The molecule has 0 saturated heterocycles. The van der Waals surface area contributed by atoms with Gasteiger partial charge in [-0.2, -0.15) is 0 Å². The summed E-state index contributed by atoms with van der Waals surface area (Å²) in [6, 6.07) is 0. The summed E-state index contributed by atoms with van der Waals surface area (Å²) in [6.45, 7) is 12.7. The Labute approximate surface area is 241 Å². The maximum Gasteiger partial charge on any atom is 0.223 e. The van der Waals surface area contributed by atoms with Gasteiger partial charge >= 0.3 is 0 Å². The standard InChI is InChI=1S/C30H53NO9/c1-4-6-28-8-7-27(3)29(26-28)30(32)31-9-11-34-13-15-36-17-19-38-21-23-40-25-24-39-22-20-37-18-16-35-14-12-33-10-5-2/h2,7-8,27-29H,4,6,9-26H2,1,3H3,(H,31,32)/t27-,28+,29+/m0/s1. The molecule has 0 aromatic heterocycles. The summed E-state index contributed by atoms with van der Waals surface area (Å²) < 4.78 is 43.3. The van der Waals surface area contributed by atoms with E-state index in [0.29, 0.717) is 118 Å². The van der Waals surface area contributed by atoms with E-state index in [1.54, 1.807) is 0 Å². The summed E-state index contributed by atoms with van der Waals surface area (Å²) in [7, 11) is 0. The molecule has 1 amide bonds. The number of terminal acetylenes is 1. The van der Waals surface area contributed by atoms with Crippen LogP contribution < -0.4 is 5.32 Å². The highest BCUT2D eigenvalue weighted by Crippen LogP contribution is 2.30. The van der Waals surface area contributed by atoms with E-state index in [1.807, 2.05) is 0 Å². The van der Waals surface area contributed by atoms with Crippen LogP contribution in [-0.4, -0.2) is 118 Å². The maximum absolute atomic E-state index is 12.5. The van der Waals surface area contributed by atoms with Crippen molar-refractivity contribution < 1.29 is 42.7 Å². The van der Waals surface area contributed by atoms with Crippen LogP contribution in [0.2, 0.25) is 0 Å². The molecule has 0 saturated carbocycles. The highest BCUT2D eigenvalue weighted by molar-refractivity contribution is 5.79. The number of hydrogen-bond acceptors (Lipinski definition) is 9. The number of rotatable bonds is 28. The Morgan fingerprint density at radius 1 is 0.725 bits per heavy atom. The molecule has 0 aliphatic heterocycles. The Morgan fingerprint density at radius 3 is 1.57 bits per heavy atom. The molecule has 232 valence electrons. The second-order valence-corrected chi connectivity index (χ2v) is 9.47. The van der Waals surface area contributed by atoms with E-state index >= 15 is 0 Å². The molecule has 0 bridgehead atoms. The van der Waals surface area contributed by atoms with E-state index in [4.69, 9.17) is 44.3 Å². The molecule has 0 aromatic carbocycles. The Morgan fingerprint density at radius 2 is 1.15 bits per heavy atom. The monoisotopic (exact) mass is 571 g/mol. The number of ether oxygens (including phenoxy) is 8. The van der Waals surface area contributed by atoms with Gasteiger partial charge in [0.1, 0.15) is 6.61 Å². The van der Waals surface area contributed by atoms with E-state index in [2.05, 4.69) is 37.2 Å². The Kier molecular flexibility index (Phi) is 25.2. The third-order valence-electron chi connectivity index (χ3n) is 6.21. The highest BCUT2D eigenvalue weighted by Gasteiger charge is 2.28. The van der Waals surface area contributed by atoms with Gasteiger partial charge in [-0.1, -0.05) is 38.3 Å². The van der Waals surface area contributed by atoms with Gasteiger partial charge in [0, 0.05) is 12.5 Å². The van der Waals surface area contributed by atoms with Crippen LogP contribution in [-0.2, 0) is 42.7 Å². The second kappa shape index (κ2) is 27.6. The lowest BCUT2D eigenvalue weighted by Crippen LogP contribution is -2.38. The van der Waals surface area contributed by atoms with Crippen LogP contribution in [0.5, 0.6) is 0 Å². The predicted molar refractivity (Wildman–Crippen MR) is 153 cm³/mol. The van der Waals surface area contributed by atoms with Gasteiger partial charge in [-0.3, -0.25) is 4.79 Å². The minimum Gasteiger partial charge on any atom is -0.377 e. The Bertz CT molecular complexity index is 656. The van der Waals surface area contributed by atoms with Crippen molar-refractivity contribution in [3.63, 3.8) is 0 Å². The van der Waals surface area contributed by atoms with Crippen molar-refractivity contribution in [2.24, 2.45) is 17.8 Å². The van der Waals surface area contributed by atoms with Crippen molar-refractivity contribution in [1.29, 1.82) is 0 Å². The Hall–Kier alpha value is -1.55. The van der Waals surface area contributed by atoms with E-state index < -0.39 is 0 Å². The number of carbonyl (C=O) groups excluding carboxylic acids is 1. The molecule has 10 heteroatoms. The third kappa shape index (κ3) is 21.2. The van der Waals surface area contributed by atoms with Crippen LogP contribution in [0.4, 0.5) is 0 Å². The maximum atomic E-state index is 12.5. The molecule has 3 atom stereocenters. The fourth-order valence-corrected chi connectivity index (χ4v) is 4.06. The number of hydrogen-bond donors (Lipinski definition) is 1. The van der Waals surface area contributed by atoms with Crippen LogP contribution in [0.25, 0.3) is 0 Å². The van der Waals surface area contributed by atoms with Crippen molar-refractivity contribution in [2.75, 3.05) is 112 Å². The fourth-order valence-electron chi connectivity index (χ4n) is 4.06. The molecule has 0 radical (unpaired) electrons. The van der Waals surface area contributed by atoms with Gasteiger partial charge in [0.15, 0.2) is 0 Å². The van der Waals surface area contributed by atoms with Crippen molar-refractivity contribution in [1.82, 2.24) is 5.32 Å². The zero-order chi connectivity index (χ0) is 28.9. The van der Waals surface area contributed by atoms with E-state index in [-0.39, 0.29) is 17.7 Å². The molecule has 0 spiro atoms. The molecule has 1 aliphatic rings. The summed E-state index contributed by atoms with van der Waals surface area (Å²) >= 11 is 0. The van der Waals surface area contributed by atoms with Gasteiger partial charge in [0.2, 0.25) is 5.91 Å². The lowest BCUT2D eigenvalue weighted by Gasteiger charge is -2.28. The lowest BCUT2D eigenvalue weighted by molar-refractivity contribution is -0.127. The molecule has 1 aliphatic carbocycles. The minimum atomic E-state index is 0.0579. The van der Waals surface area contributed by atoms with Crippen molar-refractivity contribution in [3.8, 4) is 12.3 Å². The van der Waals surface area contributed by atoms with Gasteiger partial charge in [-0.15, -0.1) is 6.42 Å². The van der Waals surface area contributed by atoms with Crippen LogP contribution in [0.1, 0.15) is 33.1 Å². The van der Waals surface area contributed by atoms with Crippen molar-refractivity contribution >= 4 is 5.91 Å². The summed E-state index contributed by atoms with van der Waals surface area (Å²) in [5.74, 6) is 3.40. The van der Waals surface area contributed by atoms with Crippen LogP contribution >= 0.6 is 0 Å². The average Bonchev–Trinajstić information content (AvgIpc) is 2.96. The first kappa shape index (κ1) is 36.5. The Balaban J connectivity index is 1.74. The molecule has 1 N–H and O–H groups in total. The topological polar surface area (TPSA) is 103 Å². The fraction of sp³-hybridized carbons (Fsp3) is 0.833. The number of carbonyl (C=O) groups is 1. The first-order valence-electron chi connectivity index (χ1n) is 14.7. The normalized spacial score (nSPS) is 18.6. The number of nitrogens with one attached hydrogen (secondary N) is 1. The molecular weight excluding hydrogens is 518 g/mol. The zero-order valence-electron chi connectivity index (χ0n) is 24.8. The van der Waals surface area contributed by atoms with E-state index in [1.165, 1.54) is 0 Å². The molecule has 0 unspecified atom stereocenters. The highest BCUT2D eigenvalue weighted by atomic mass is 16.6. The first-order valence-corrected chi connectivity index (χ1v) is 14.7. The molecule has 0 fully saturated rings. The SMILES string of the molecule is C#CCOCCOCCOCCOCCOCCOCCOCCOCCNC(=O)[C@@H]1C[C@H](CCC)C=C[C@@H]1C. The molecule has 10 nitrogen and oxygen atoms in total. The first-order chi connectivity index (χ1) is 19.7. The second-order valence-electron chi connectivity index (χ2n) is 9.47. The van der Waals surface area contributed by atoms with Gasteiger partial charge in [-0.05, 0) is 24.7 Å². The van der Waals surface area contributed by atoms with E-state index in [0.717, 1.165) is 19.3 Å². The third-order valence-corrected chi connectivity index (χ3v) is 6.21. The average molecular weight is 572 g/mol. The lowest BCUT2D eigenvalue weighted by atomic mass is 9.78. The summed E-state index contributed by atoms with van der Waals surface area (Å²) in [5.41, 5.74) is 0. The summed E-state index contributed by atoms with van der Waals surface area (Å²) in [6.07, 6.45) is 12.8. The van der Waals surface area contributed by atoms with Crippen molar-refractivity contribution in [3.05, 3.63) is 12.2 Å². The van der Waals surface area contributed by atoms with Crippen molar-refractivity contribution in [2.45, 2.75) is 33.1 Å². The van der Waals surface area contributed by atoms with E-state index in [9.17, 15) is 4.79 Å². The number of allylic oxidation sites excluding steroid dienone is 2. The molecule has 0 aromatic rings. The minimum absolute atomic E-state index is 0.0579. The molecule has 0 heterocycles. The quantitative estimate of drug-likeness (QED) is 0.0862. The largest absolute Gasteiger partial charge is 0.377 e. The summed E-state index contributed by atoms with van der Waals surface area (Å²) in [4.78, 5) is 12.5. The van der Waals surface area contributed by atoms with Gasteiger partial charge in [0.05, 0.1) is 99.1 Å². The van der Waals surface area contributed by atoms with Crippen LogP contribution in [0.15, 0.2) is 12.2 Å². The van der Waals surface area contributed by atoms with Gasteiger partial charge < -0.3 is 43.2 Å². The molecule has 40 heavy (non-hydrogen) atoms. The molecular formula is C30H53NO9.